The van der Waals surface area contributed by atoms with E-state index in [-0.39, 0.29) is 11.2 Å². The molecule has 192 valence electrons. The van der Waals surface area contributed by atoms with Crippen molar-refractivity contribution in [3.8, 4) is 16.3 Å². The van der Waals surface area contributed by atoms with Gasteiger partial charge in [0, 0.05) is 19.4 Å². The van der Waals surface area contributed by atoms with Crippen LogP contribution < -0.4 is 10.1 Å². The highest BCUT2D eigenvalue weighted by molar-refractivity contribution is 7.14. The van der Waals surface area contributed by atoms with Crippen LogP contribution in [0.4, 0.5) is 10.3 Å². The molecule has 0 amide bonds. The van der Waals surface area contributed by atoms with Crippen molar-refractivity contribution in [1.29, 1.82) is 0 Å². The first-order chi connectivity index (χ1) is 17.3. The molecule has 2 saturated carbocycles. The van der Waals surface area contributed by atoms with Crippen LogP contribution in [0.5, 0.6) is 5.75 Å². The second kappa shape index (κ2) is 10.2. The van der Waals surface area contributed by atoms with Gasteiger partial charge in [-0.05, 0) is 80.8 Å². The van der Waals surface area contributed by atoms with Crippen molar-refractivity contribution in [3.63, 3.8) is 0 Å². The summed E-state index contributed by atoms with van der Waals surface area (Å²) in [6, 6.07) is 5.16. The van der Waals surface area contributed by atoms with Crippen LogP contribution in [0.15, 0.2) is 22.7 Å². The molecule has 3 heterocycles. The smallest absolute Gasteiger partial charge is 0.309 e. The molecule has 3 aromatic rings. The maximum Gasteiger partial charge on any atom is 0.309 e. The van der Waals surface area contributed by atoms with E-state index < -0.39 is 11.4 Å². The lowest BCUT2D eigenvalue weighted by Crippen LogP contribution is -2.38. The molecule has 3 aromatic heterocycles. The van der Waals surface area contributed by atoms with E-state index in [1.807, 2.05) is 19.1 Å². The van der Waals surface area contributed by atoms with Crippen molar-refractivity contribution in [3.05, 3.63) is 40.5 Å². The van der Waals surface area contributed by atoms with Crippen LogP contribution in [-0.4, -0.2) is 32.3 Å². The number of ether oxygens (including phenoxy) is 1. The fraction of sp³-hybridized carbons (Fsp3) is 0.538. The number of aliphatic carboxylic acids is 1. The molecule has 0 bridgehead atoms. The van der Waals surface area contributed by atoms with Gasteiger partial charge in [-0.3, -0.25) is 4.79 Å². The van der Waals surface area contributed by atoms with Crippen molar-refractivity contribution in [1.82, 2.24) is 15.1 Å². The molecule has 10 heteroatoms. The van der Waals surface area contributed by atoms with E-state index in [1.165, 1.54) is 25.3 Å². The van der Waals surface area contributed by atoms with E-state index >= 15 is 0 Å². The highest BCUT2D eigenvalue weighted by atomic mass is 32.1. The average molecular weight is 515 g/mol. The largest absolute Gasteiger partial charge is 0.488 e. The van der Waals surface area contributed by atoms with Gasteiger partial charge in [0.2, 0.25) is 5.89 Å². The molecule has 0 spiro atoms. The van der Waals surface area contributed by atoms with Crippen LogP contribution in [0.1, 0.15) is 69.0 Å². The Labute approximate surface area is 213 Å². The number of nitrogens with one attached hydrogen (secondary N) is 1. The SMILES string of the molecule is Cc1nc(-c2sc(F)cc2CNc2noc(CC3CCC3)n2)ccc1O[C@H]1CCC[C@](C)(C(=O)O)C1. The second-order valence-corrected chi connectivity index (χ2v) is 11.3. The first-order valence-corrected chi connectivity index (χ1v) is 13.3. The third kappa shape index (κ3) is 5.38. The number of anilines is 1. The minimum atomic E-state index is -0.780. The molecule has 0 aromatic carbocycles. The van der Waals surface area contributed by atoms with E-state index in [0.29, 0.717) is 54.3 Å². The summed E-state index contributed by atoms with van der Waals surface area (Å²) in [5.41, 5.74) is 1.33. The third-order valence-corrected chi connectivity index (χ3v) is 8.37. The number of rotatable bonds is 9. The molecule has 2 aliphatic rings. The molecule has 0 radical (unpaired) electrons. The zero-order valence-corrected chi connectivity index (χ0v) is 21.4. The van der Waals surface area contributed by atoms with Crippen molar-refractivity contribution in [2.24, 2.45) is 11.3 Å². The lowest BCUT2D eigenvalue weighted by Gasteiger charge is -2.34. The monoisotopic (exact) mass is 514 g/mol. The summed E-state index contributed by atoms with van der Waals surface area (Å²) in [5, 5.41) is 16.4. The van der Waals surface area contributed by atoms with Gasteiger partial charge >= 0.3 is 5.97 Å². The Morgan fingerprint density at radius 1 is 1.31 bits per heavy atom. The zero-order chi connectivity index (χ0) is 25.3. The second-order valence-electron chi connectivity index (χ2n) is 10.3. The van der Waals surface area contributed by atoms with Crippen LogP contribution in [0, 0.1) is 23.4 Å². The number of thiophene rings is 1. The molecule has 36 heavy (non-hydrogen) atoms. The predicted molar refractivity (Wildman–Crippen MR) is 134 cm³/mol. The van der Waals surface area contributed by atoms with Gasteiger partial charge in [-0.15, -0.1) is 11.3 Å². The van der Waals surface area contributed by atoms with Crippen LogP contribution in [-0.2, 0) is 17.8 Å². The summed E-state index contributed by atoms with van der Waals surface area (Å²) >= 11 is 1.04. The fourth-order valence-corrected chi connectivity index (χ4v) is 5.85. The number of nitrogens with zero attached hydrogens (tertiary/aromatic N) is 3. The first-order valence-electron chi connectivity index (χ1n) is 12.5. The number of hydrogen-bond acceptors (Lipinski definition) is 8. The summed E-state index contributed by atoms with van der Waals surface area (Å²) < 4.78 is 25.8. The topological polar surface area (TPSA) is 110 Å². The van der Waals surface area contributed by atoms with Gasteiger partial charge in [-0.1, -0.05) is 6.42 Å². The maximum atomic E-state index is 14.3. The quantitative estimate of drug-likeness (QED) is 0.357. The number of pyridine rings is 1. The Morgan fingerprint density at radius 3 is 2.86 bits per heavy atom. The number of aryl methyl sites for hydroxylation is 1. The number of hydrogen-bond donors (Lipinski definition) is 2. The van der Waals surface area contributed by atoms with E-state index in [9.17, 15) is 14.3 Å². The van der Waals surface area contributed by atoms with Gasteiger partial charge in [0.1, 0.15) is 5.75 Å². The molecule has 0 saturated heterocycles. The Bertz CT molecular complexity index is 1240. The summed E-state index contributed by atoms with van der Waals surface area (Å²) in [5.74, 6) is 1.51. The first kappa shape index (κ1) is 24.7. The highest BCUT2D eigenvalue weighted by Gasteiger charge is 2.39. The van der Waals surface area contributed by atoms with E-state index in [0.717, 1.165) is 41.0 Å². The zero-order valence-electron chi connectivity index (χ0n) is 20.6. The van der Waals surface area contributed by atoms with Crippen molar-refractivity contribution >= 4 is 23.3 Å². The minimum absolute atomic E-state index is 0.172. The number of carboxylic acid groups (broad SMARTS) is 1. The van der Waals surface area contributed by atoms with Crippen LogP contribution in [0.25, 0.3) is 10.6 Å². The number of aromatic nitrogens is 3. The van der Waals surface area contributed by atoms with Gasteiger partial charge in [0.25, 0.3) is 5.95 Å². The Hall–Kier alpha value is -3.01. The summed E-state index contributed by atoms with van der Waals surface area (Å²) in [6.07, 6.45) is 7.07. The standard InChI is InChI=1S/C26H31FN4O4S/c1-15-20(34-18-7-4-10-26(2,13-18)24(32)33)9-8-19(29-15)23-17(12-21(27)36-23)14-28-25-30-22(35-31-25)11-16-5-3-6-16/h8-9,12,16,18H,3-7,10-11,13-14H2,1-2H3,(H,28,31)(H,32,33)/t18-,26-/m0/s1. The van der Waals surface area contributed by atoms with Gasteiger partial charge in [0.05, 0.1) is 27.8 Å². The van der Waals surface area contributed by atoms with Crippen molar-refractivity contribution < 1.29 is 23.6 Å². The Balaban J connectivity index is 1.25. The molecule has 2 fully saturated rings. The molecule has 8 nitrogen and oxygen atoms in total. The lowest BCUT2D eigenvalue weighted by atomic mass is 9.74. The van der Waals surface area contributed by atoms with Crippen molar-refractivity contribution in [2.45, 2.75) is 77.9 Å². The van der Waals surface area contributed by atoms with E-state index in [1.54, 1.807) is 6.92 Å². The third-order valence-electron chi connectivity index (χ3n) is 7.38. The fourth-order valence-electron chi connectivity index (χ4n) is 4.97. The van der Waals surface area contributed by atoms with Crippen LogP contribution in [0.2, 0.25) is 0 Å². The summed E-state index contributed by atoms with van der Waals surface area (Å²) in [6.45, 7) is 3.97. The van der Waals surface area contributed by atoms with Crippen LogP contribution in [0.3, 0.4) is 0 Å². The van der Waals surface area contributed by atoms with Crippen LogP contribution >= 0.6 is 11.3 Å². The molecular formula is C26H31FN4O4S. The predicted octanol–water partition coefficient (Wildman–Crippen LogP) is 6.01. The summed E-state index contributed by atoms with van der Waals surface area (Å²) in [4.78, 5) is 21.5. The molecule has 2 aliphatic carbocycles. The van der Waals surface area contributed by atoms with Crippen molar-refractivity contribution in [2.75, 3.05) is 5.32 Å². The number of carboxylic acids is 1. The molecule has 0 aliphatic heterocycles. The van der Waals surface area contributed by atoms with E-state index in [4.69, 9.17) is 9.26 Å². The maximum absolute atomic E-state index is 14.3. The van der Waals surface area contributed by atoms with Gasteiger partial charge in [-0.2, -0.15) is 9.37 Å². The van der Waals surface area contributed by atoms with Gasteiger partial charge in [0.15, 0.2) is 5.13 Å². The van der Waals surface area contributed by atoms with Gasteiger partial charge < -0.3 is 19.7 Å². The lowest BCUT2D eigenvalue weighted by molar-refractivity contribution is -0.151. The normalized spacial score (nSPS) is 22.2. The molecule has 0 unspecified atom stereocenters. The Morgan fingerprint density at radius 2 is 2.14 bits per heavy atom. The number of carbonyl (C=O) groups is 1. The molecule has 2 N–H and O–H groups in total. The molecule has 5 rings (SSSR count). The summed E-state index contributed by atoms with van der Waals surface area (Å²) in [7, 11) is 0. The Kier molecular flexibility index (Phi) is 6.96. The molecule has 2 atom stereocenters. The molecular weight excluding hydrogens is 483 g/mol. The van der Waals surface area contributed by atoms with Gasteiger partial charge in [-0.25, -0.2) is 4.98 Å². The van der Waals surface area contributed by atoms with E-state index in [2.05, 4.69) is 20.4 Å². The minimum Gasteiger partial charge on any atom is -0.488 e. The average Bonchev–Trinajstić information content (AvgIpc) is 3.42. The highest BCUT2D eigenvalue weighted by Crippen LogP contribution is 2.39. The number of halogens is 1.